The Balaban J connectivity index is 2.40. The first-order chi connectivity index (χ1) is 8.55. The Labute approximate surface area is 117 Å². The molecule has 0 aliphatic heterocycles. The van der Waals surface area contributed by atoms with E-state index in [0.717, 1.165) is 24.1 Å². The fourth-order valence-electron chi connectivity index (χ4n) is 3.00. The van der Waals surface area contributed by atoms with Gasteiger partial charge in [-0.05, 0) is 43.4 Å². The molecule has 1 aliphatic carbocycles. The third-order valence-corrected chi connectivity index (χ3v) is 6.10. The molecule has 18 heavy (non-hydrogen) atoms. The van der Waals surface area contributed by atoms with E-state index in [-0.39, 0.29) is 5.54 Å². The number of thioether (sulfide) groups is 1. The summed E-state index contributed by atoms with van der Waals surface area (Å²) < 4.78 is 0. The summed E-state index contributed by atoms with van der Waals surface area (Å²) in [4.78, 5) is 0. The van der Waals surface area contributed by atoms with Gasteiger partial charge in [0.1, 0.15) is 0 Å². The summed E-state index contributed by atoms with van der Waals surface area (Å²) in [7, 11) is 0. The highest BCUT2D eigenvalue weighted by molar-refractivity contribution is 7.99. The van der Waals surface area contributed by atoms with Gasteiger partial charge in [-0.1, -0.05) is 34.1 Å². The zero-order valence-corrected chi connectivity index (χ0v) is 13.4. The normalized spacial score (nSPS) is 30.0. The molecule has 108 valence electrons. The first kappa shape index (κ1) is 16.3. The summed E-state index contributed by atoms with van der Waals surface area (Å²) in [6, 6.07) is 0. The summed E-state index contributed by atoms with van der Waals surface area (Å²) in [6.07, 6.45) is 4.94. The zero-order chi connectivity index (χ0) is 13.6. The molecular formula is C15H31NOS. The van der Waals surface area contributed by atoms with E-state index in [4.69, 9.17) is 0 Å². The third kappa shape index (κ3) is 4.14. The largest absolute Gasteiger partial charge is 0.394 e. The molecule has 0 saturated heterocycles. The van der Waals surface area contributed by atoms with Crippen molar-refractivity contribution in [2.45, 2.75) is 64.2 Å². The van der Waals surface area contributed by atoms with Crippen molar-refractivity contribution in [2.75, 3.05) is 18.9 Å². The molecule has 3 atom stereocenters. The van der Waals surface area contributed by atoms with E-state index >= 15 is 0 Å². The van der Waals surface area contributed by atoms with E-state index in [1.54, 1.807) is 0 Å². The average molecular weight is 273 g/mol. The van der Waals surface area contributed by atoms with Crippen molar-refractivity contribution in [3.63, 3.8) is 0 Å². The number of aliphatic hydroxyl groups excluding tert-OH is 1. The van der Waals surface area contributed by atoms with Crippen molar-refractivity contribution >= 4 is 11.8 Å². The fourth-order valence-corrected chi connectivity index (χ4v) is 4.18. The molecule has 2 nitrogen and oxygen atoms in total. The van der Waals surface area contributed by atoms with Crippen LogP contribution in [0.4, 0.5) is 0 Å². The second-order valence-corrected chi connectivity index (χ2v) is 7.53. The van der Waals surface area contributed by atoms with E-state index < -0.39 is 0 Å². The lowest BCUT2D eigenvalue weighted by Crippen LogP contribution is -2.51. The number of hydrogen-bond donors (Lipinski definition) is 2. The maximum atomic E-state index is 9.75. The molecule has 0 aromatic heterocycles. The number of rotatable bonds is 8. The van der Waals surface area contributed by atoms with Crippen molar-refractivity contribution in [3.8, 4) is 0 Å². The van der Waals surface area contributed by atoms with Crippen molar-refractivity contribution in [2.24, 2.45) is 11.8 Å². The Kier molecular flexibility index (Phi) is 7.04. The molecule has 3 unspecified atom stereocenters. The van der Waals surface area contributed by atoms with Gasteiger partial charge in [0.05, 0.1) is 6.61 Å². The Morgan fingerprint density at radius 1 is 1.39 bits per heavy atom. The number of hydrogen-bond acceptors (Lipinski definition) is 3. The van der Waals surface area contributed by atoms with Crippen LogP contribution < -0.4 is 5.32 Å². The highest BCUT2D eigenvalue weighted by Crippen LogP contribution is 2.38. The van der Waals surface area contributed by atoms with Crippen LogP contribution in [0.3, 0.4) is 0 Å². The molecule has 0 spiro atoms. The average Bonchev–Trinajstić information content (AvgIpc) is 2.73. The summed E-state index contributed by atoms with van der Waals surface area (Å²) in [5.74, 6) is 2.65. The molecule has 1 saturated carbocycles. The SMILES string of the molecule is CCNC1(CO)CCCC1CCSC(C)C(C)C. The van der Waals surface area contributed by atoms with Gasteiger partial charge in [0.15, 0.2) is 0 Å². The molecule has 1 fully saturated rings. The molecule has 0 amide bonds. The van der Waals surface area contributed by atoms with Crippen LogP contribution in [0.25, 0.3) is 0 Å². The fraction of sp³-hybridized carbons (Fsp3) is 1.00. The molecule has 2 N–H and O–H groups in total. The van der Waals surface area contributed by atoms with Crippen LogP contribution in [0.2, 0.25) is 0 Å². The lowest BCUT2D eigenvalue weighted by Gasteiger charge is -2.35. The summed E-state index contributed by atoms with van der Waals surface area (Å²) in [5, 5.41) is 14.0. The van der Waals surface area contributed by atoms with Crippen LogP contribution in [0.15, 0.2) is 0 Å². The van der Waals surface area contributed by atoms with Crippen LogP contribution >= 0.6 is 11.8 Å². The molecule has 0 heterocycles. The number of aliphatic hydroxyl groups is 1. The summed E-state index contributed by atoms with van der Waals surface area (Å²) in [5.41, 5.74) is 0.0242. The second-order valence-electron chi connectivity index (χ2n) is 6.04. The number of likely N-dealkylation sites (N-methyl/N-ethyl adjacent to an activating group) is 1. The Bertz CT molecular complexity index is 235. The predicted molar refractivity (Wildman–Crippen MR) is 82.2 cm³/mol. The van der Waals surface area contributed by atoms with Gasteiger partial charge < -0.3 is 10.4 Å². The van der Waals surface area contributed by atoms with Crippen molar-refractivity contribution < 1.29 is 5.11 Å². The summed E-state index contributed by atoms with van der Waals surface area (Å²) >= 11 is 2.09. The van der Waals surface area contributed by atoms with Crippen LogP contribution in [-0.4, -0.2) is 34.8 Å². The zero-order valence-electron chi connectivity index (χ0n) is 12.5. The Morgan fingerprint density at radius 3 is 2.67 bits per heavy atom. The van der Waals surface area contributed by atoms with E-state index in [1.807, 2.05) is 0 Å². The number of nitrogens with one attached hydrogen (secondary N) is 1. The standard InChI is InChI=1S/C15H31NOS/c1-5-16-15(11-17)9-6-7-14(15)8-10-18-13(4)12(2)3/h12-14,16-17H,5-11H2,1-4H3. The van der Waals surface area contributed by atoms with Crippen LogP contribution in [0.5, 0.6) is 0 Å². The molecular weight excluding hydrogens is 242 g/mol. The van der Waals surface area contributed by atoms with Gasteiger partial charge in [0.2, 0.25) is 0 Å². The molecule has 1 aliphatic rings. The van der Waals surface area contributed by atoms with Crippen LogP contribution in [0.1, 0.15) is 53.4 Å². The highest BCUT2D eigenvalue weighted by atomic mass is 32.2. The third-order valence-electron chi connectivity index (χ3n) is 4.55. The van der Waals surface area contributed by atoms with Gasteiger partial charge in [-0.2, -0.15) is 11.8 Å². The predicted octanol–water partition coefficient (Wildman–Crippen LogP) is 3.29. The van der Waals surface area contributed by atoms with Crippen molar-refractivity contribution in [1.29, 1.82) is 0 Å². The minimum Gasteiger partial charge on any atom is -0.394 e. The molecule has 0 aromatic rings. The maximum Gasteiger partial charge on any atom is 0.0616 e. The minimum absolute atomic E-state index is 0.0242. The summed E-state index contributed by atoms with van der Waals surface area (Å²) in [6.45, 7) is 10.3. The van der Waals surface area contributed by atoms with Crippen molar-refractivity contribution in [3.05, 3.63) is 0 Å². The molecule has 3 heteroatoms. The molecule has 0 radical (unpaired) electrons. The monoisotopic (exact) mass is 273 g/mol. The van der Waals surface area contributed by atoms with Gasteiger partial charge in [-0.3, -0.25) is 0 Å². The lowest BCUT2D eigenvalue weighted by molar-refractivity contribution is 0.124. The first-order valence-electron chi connectivity index (χ1n) is 7.53. The van der Waals surface area contributed by atoms with E-state index in [1.165, 1.54) is 25.0 Å². The maximum absolute atomic E-state index is 9.75. The van der Waals surface area contributed by atoms with Gasteiger partial charge in [0.25, 0.3) is 0 Å². The van der Waals surface area contributed by atoms with Gasteiger partial charge in [-0.25, -0.2) is 0 Å². The van der Waals surface area contributed by atoms with Crippen LogP contribution in [0, 0.1) is 11.8 Å². The Hall–Kier alpha value is 0.270. The lowest BCUT2D eigenvalue weighted by atomic mass is 9.86. The van der Waals surface area contributed by atoms with Crippen molar-refractivity contribution in [1.82, 2.24) is 5.32 Å². The quantitative estimate of drug-likeness (QED) is 0.712. The highest BCUT2D eigenvalue weighted by Gasteiger charge is 2.41. The van der Waals surface area contributed by atoms with E-state index in [2.05, 4.69) is 44.8 Å². The van der Waals surface area contributed by atoms with E-state index in [0.29, 0.717) is 12.5 Å². The molecule has 0 aromatic carbocycles. The smallest absolute Gasteiger partial charge is 0.0616 e. The second kappa shape index (κ2) is 7.76. The topological polar surface area (TPSA) is 32.3 Å². The molecule has 0 bridgehead atoms. The van der Waals surface area contributed by atoms with Gasteiger partial charge in [0, 0.05) is 10.8 Å². The minimum atomic E-state index is 0.0242. The Morgan fingerprint density at radius 2 is 2.11 bits per heavy atom. The molecule has 1 rings (SSSR count). The van der Waals surface area contributed by atoms with E-state index in [9.17, 15) is 5.11 Å². The van der Waals surface area contributed by atoms with Gasteiger partial charge in [-0.15, -0.1) is 0 Å². The van der Waals surface area contributed by atoms with Gasteiger partial charge >= 0.3 is 0 Å². The first-order valence-corrected chi connectivity index (χ1v) is 8.58. The van der Waals surface area contributed by atoms with Crippen LogP contribution in [-0.2, 0) is 0 Å².